The molecule has 4 heteroatoms. The maximum atomic E-state index is 5.28. The molecular formula is C25H27NO2S. The van der Waals surface area contributed by atoms with Gasteiger partial charge in [-0.3, -0.25) is 0 Å². The lowest BCUT2D eigenvalue weighted by Gasteiger charge is -2.23. The van der Waals surface area contributed by atoms with Crippen LogP contribution in [-0.2, 0) is 0 Å². The zero-order chi connectivity index (χ0) is 20.5. The molecule has 29 heavy (non-hydrogen) atoms. The summed E-state index contributed by atoms with van der Waals surface area (Å²) in [4.78, 5) is 1.21. The first-order valence-corrected chi connectivity index (χ1v) is 10.5. The molecule has 2 atom stereocenters. The highest BCUT2D eigenvalue weighted by atomic mass is 32.2. The monoisotopic (exact) mass is 405 g/mol. The van der Waals surface area contributed by atoms with Crippen molar-refractivity contribution in [3.63, 3.8) is 0 Å². The number of methoxy groups -OCH3 is 2. The minimum absolute atomic E-state index is 0.138. The lowest BCUT2D eigenvalue weighted by molar-refractivity contribution is 0.414. The molecule has 0 aliphatic heterocycles. The second-order valence-corrected chi connectivity index (χ2v) is 7.92. The van der Waals surface area contributed by atoms with Crippen LogP contribution >= 0.6 is 11.8 Å². The molecule has 0 bridgehead atoms. The van der Waals surface area contributed by atoms with E-state index in [1.807, 2.05) is 54.2 Å². The van der Waals surface area contributed by atoms with Gasteiger partial charge in [-0.2, -0.15) is 0 Å². The van der Waals surface area contributed by atoms with Crippen molar-refractivity contribution in [1.82, 2.24) is 0 Å². The van der Waals surface area contributed by atoms with Gasteiger partial charge in [0.2, 0.25) is 0 Å². The van der Waals surface area contributed by atoms with Crippen molar-refractivity contribution in [2.75, 3.05) is 19.5 Å². The van der Waals surface area contributed by atoms with Gasteiger partial charge >= 0.3 is 0 Å². The maximum absolute atomic E-state index is 5.28. The van der Waals surface area contributed by atoms with E-state index in [0.29, 0.717) is 5.25 Å². The fraction of sp³-hybridized carbons (Fsp3) is 0.200. The van der Waals surface area contributed by atoms with Crippen molar-refractivity contribution in [2.45, 2.75) is 22.6 Å². The van der Waals surface area contributed by atoms with Gasteiger partial charge in [-0.05, 0) is 60.5 Å². The molecule has 2 unspecified atom stereocenters. The summed E-state index contributed by atoms with van der Waals surface area (Å²) >= 11 is 1.86. The molecular weight excluding hydrogens is 378 g/mol. The third-order valence-corrected chi connectivity index (χ3v) is 6.00. The molecule has 3 aromatic rings. The smallest absolute Gasteiger partial charge is 0.119 e. The van der Waals surface area contributed by atoms with Crippen LogP contribution in [0.15, 0.2) is 96.4 Å². The third-order valence-electron chi connectivity index (χ3n) is 4.70. The summed E-state index contributed by atoms with van der Waals surface area (Å²) < 4.78 is 10.5. The lowest BCUT2D eigenvalue weighted by atomic mass is 10.0. The number of benzene rings is 3. The van der Waals surface area contributed by atoms with E-state index < -0.39 is 0 Å². The van der Waals surface area contributed by atoms with Gasteiger partial charge in [0.15, 0.2) is 0 Å². The molecule has 0 saturated heterocycles. The van der Waals surface area contributed by atoms with Crippen LogP contribution < -0.4 is 14.8 Å². The van der Waals surface area contributed by atoms with E-state index in [-0.39, 0.29) is 6.04 Å². The minimum Gasteiger partial charge on any atom is -0.497 e. The molecule has 0 aliphatic rings. The summed E-state index contributed by atoms with van der Waals surface area (Å²) in [7, 11) is 3.37. The van der Waals surface area contributed by atoms with Crippen molar-refractivity contribution in [3.8, 4) is 11.5 Å². The molecule has 0 aromatic heterocycles. The number of hydrogen-bond donors (Lipinski definition) is 1. The van der Waals surface area contributed by atoms with E-state index in [1.54, 1.807) is 14.2 Å². The van der Waals surface area contributed by atoms with Gasteiger partial charge in [0.05, 0.1) is 14.2 Å². The van der Waals surface area contributed by atoms with Gasteiger partial charge in [-0.25, -0.2) is 0 Å². The molecule has 0 radical (unpaired) electrons. The van der Waals surface area contributed by atoms with E-state index >= 15 is 0 Å². The number of thioether (sulfide) groups is 1. The Morgan fingerprint density at radius 1 is 0.862 bits per heavy atom. The van der Waals surface area contributed by atoms with Gasteiger partial charge in [0.1, 0.15) is 11.5 Å². The number of ether oxygens (including phenoxy) is 2. The zero-order valence-electron chi connectivity index (χ0n) is 16.9. The number of rotatable bonds is 10. The van der Waals surface area contributed by atoms with Gasteiger partial charge in [-0.1, -0.05) is 36.4 Å². The lowest BCUT2D eigenvalue weighted by Crippen LogP contribution is -2.19. The van der Waals surface area contributed by atoms with E-state index in [2.05, 4.69) is 54.4 Å². The second-order valence-electron chi connectivity index (χ2n) is 6.64. The Bertz CT molecular complexity index is 879. The molecule has 3 aromatic carbocycles. The predicted molar refractivity (Wildman–Crippen MR) is 123 cm³/mol. The highest BCUT2D eigenvalue weighted by Crippen LogP contribution is 2.39. The van der Waals surface area contributed by atoms with Crippen LogP contribution in [0.4, 0.5) is 5.69 Å². The van der Waals surface area contributed by atoms with Crippen LogP contribution in [0.1, 0.15) is 17.2 Å². The first-order chi connectivity index (χ1) is 14.2. The molecule has 3 nitrogen and oxygen atoms in total. The van der Waals surface area contributed by atoms with Gasteiger partial charge in [-0.15, -0.1) is 18.3 Å². The van der Waals surface area contributed by atoms with Crippen LogP contribution in [0.5, 0.6) is 11.5 Å². The fourth-order valence-corrected chi connectivity index (χ4v) is 4.30. The number of nitrogens with one attached hydrogen (secondary N) is 1. The highest BCUT2D eigenvalue weighted by molar-refractivity contribution is 7.99. The Balaban J connectivity index is 1.75. The summed E-state index contributed by atoms with van der Waals surface area (Å²) in [6, 6.07) is 27.0. The molecule has 0 saturated carbocycles. The molecule has 0 heterocycles. The van der Waals surface area contributed by atoms with Crippen LogP contribution in [-0.4, -0.2) is 20.3 Å². The molecule has 0 aliphatic carbocycles. The van der Waals surface area contributed by atoms with Crippen molar-refractivity contribution >= 4 is 17.4 Å². The maximum Gasteiger partial charge on any atom is 0.119 e. The normalized spacial score (nSPS) is 12.6. The van der Waals surface area contributed by atoms with E-state index in [1.165, 1.54) is 10.5 Å². The SMILES string of the molecule is C=CC(CC(Sc1ccc(OC)cc1)c1ccccc1)Nc1ccc(OC)cc1. The van der Waals surface area contributed by atoms with E-state index in [9.17, 15) is 0 Å². The Kier molecular flexibility index (Phi) is 7.65. The molecule has 1 N–H and O–H groups in total. The molecule has 3 rings (SSSR count). The van der Waals surface area contributed by atoms with Gasteiger partial charge in [0, 0.05) is 21.9 Å². The molecule has 0 fully saturated rings. The van der Waals surface area contributed by atoms with E-state index in [4.69, 9.17) is 9.47 Å². The summed E-state index contributed by atoms with van der Waals surface area (Å²) in [5.41, 5.74) is 2.36. The Labute approximate surface area is 177 Å². The topological polar surface area (TPSA) is 30.5 Å². The predicted octanol–water partition coefficient (Wildman–Crippen LogP) is 6.59. The second kappa shape index (κ2) is 10.6. The van der Waals surface area contributed by atoms with Crippen LogP contribution in [0, 0.1) is 0 Å². The standard InChI is InChI=1S/C25H27NO2S/c1-4-20(26-21-10-12-22(27-2)13-11-21)18-25(19-8-6-5-7-9-19)29-24-16-14-23(28-3)15-17-24/h4-17,20,25-26H,1,18H2,2-3H3. The van der Waals surface area contributed by atoms with Crippen LogP contribution in [0.25, 0.3) is 0 Å². The van der Waals surface area contributed by atoms with Crippen LogP contribution in [0.2, 0.25) is 0 Å². The fourth-order valence-electron chi connectivity index (χ4n) is 3.08. The first kappa shape index (κ1) is 20.9. The van der Waals surface area contributed by atoms with Gasteiger partial charge in [0.25, 0.3) is 0 Å². The largest absolute Gasteiger partial charge is 0.497 e. The van der Waals surface area contributed by atoms with Crippen molar-refractivity contribution in [3.05, 3.63) is 97.1 Å². The highest BCUT2D eigenvalue weighted by Gasteiger charge is 2.18. The summed E-state index contributed by atoms with van der Waals surface area (Å²) in [5, 5.41) is 3.87. The number of anilines is 1. The Morgan fingerprint density at radius 2 is 1.45 bits per heavy atom. The molecule has 0 spiro atoms. The van der Waals surface area contributed by atoms with Crippen molar-refractivity contribution in [1.29, 1.82) is 0 Å². The van der Waals surface area contributed by atoms with Crippen molar-refractivity contribution < 1.29 is 9.47 Å². The number of hydrogen-bond acceptors (Lipinski definition) is 4. The molecule has 0 amide bonds. The average Bonchev–Trinajstić information content (AvgIpc) is 2.79. The van der Waals surface area contributed by atoms with Crippen LogP contribution in [0.3, 0.4) is 0 Å². The molecule has 150 valence electrons. The van der Waals surface area contributed by atoms with Gasteiger partial charge < -0.3 is 14.8 Å². The quantitative estimate of drug-likeness (QED) is 0.304. The van der Waals surface area contributed by atoms with Crippen molar-refractivity contribution in [2.24, 2.45) is 0 Å². The van der Waals surface area contributed by atoms with E-state index in [0.717, 1.165) is 23.6 Å². The Morgan fingerprint density at radius 3 is 2.00 bits per heavy atom. The minimum atomic E-state index is 0.138. The summed E-state index contributed by atoms with van der Waals surface area (Å²) in [6.07, 6.45) is 2.89. The summed E-state index contributed by atoms with van der Waals surface area (Å²) in [5.74, 6) is 1.72. The third kappa shape index (κ3) is 6.06. The average molecular weight is 406 g/mol. The summed E-state index contributed by atoms with van der Waals surface area (Å²) in [6.45, 7) is 4.05. The zero-order valence-corrected chi connectivity index (χ0v) is 17.7. The first-order valence-electron chi connectivity index (χ1n) is 9.60. The Hall–Kier alpha value is -2.85.